The lowest BCUT2D eigenvalue weighted by molar-refractivity contribution is 0.669. The van der Waals surface area contributed by atoms with Crippen molar-refractivity contribution in [2.45, 2.75) is 0 Å². The molecule has 6 heteroatoms. The predicted molar refractivity (Wildman–Crippen MR) is 503 cm³/mol. The van der Waals surface area contributed by atoms with Gasteiger partial charge in [-0.2, -0.15) is 0 Å². The van der Waals surface area contributed by atoms with Gasteiger partial charge in [0.25, 0.3) is 0 Å². The molecule has 120 heavy (non-hydrogen) atoms. The number of aromatic nitrogens is 1. The van der Waals surface area contributed by atoms with Crippen LogP contribution >= 0.6 is 0 Å². The van der Waals surface area contributed by atoms with Crippen LogP contribution in [0.4, 0.5) is 51.2 Å². The average Bonchev–Trinajstić information content (AvgIpc) is 1.65. The van der Waals surface area contributed by atoms with Gasteiger partial charge in [-0.3, -0.25) is 0 Å². The van der Waals surface area contributed by atoms with E-state index in [1.54, 1.807) is 0 Å². The fraction of sp³-hybridized carbons (Fsp3) is 0. The van der Waals surface area contributed by atoms with E-state index in [9.17, 15) is 0 Å². The van der Waals surface area contributed by atoms with Crippen LogP contribution in [0.15, 0.2) is 464 Å². The minimum absolute atomic E-state index is 0.887. The first kappa shape index (κ1) is 70.6. The third-order valence-electron chi connectivity index (χ3n) is 23.7. The lowest BCUT2D eigenvalue weighted by atomic mass is 9.97. The van der Waals surface area contributed by atoms with Crippen LogP contribution in [0.3, 0.4) is 0 Å². The average molecular weight is 1530 g/mol. The Morgan fingerprint density at radius 3 is 0.842 bits per heavy atom. The van der Waals surface area contributed by atoms with Crippen molar-refractivity contribution in [1.82, 2.24) is 4.98 Å². The van der Waals surface area contributed by atoms with Crippen molar-refractivity contribution in [3.63, 3.8) is 0 Å². The van der Waals surface area contributed by atoms with Crippen LogP contribution in [0.2, 0.25) is 0 Å². The first-order valence-corrected chi connectivity index (χ1v) is 40.9. The molecule has 0 amide bonds. The second kappa shape index (κ2) is 30.3. The molecule has 3 heterocycles. The molecule has 564 valence electrons. The molecule has 0 aliphatic carbocycles. The van der Waals surface area contributed by atoms with Gasteiger partial charge in [0.1, 0.15) is 22.3 Å². The number of anilines is 9. The Morgan fingerprint density at radius 2 is 0.425 bits per heavy atom. The molecule has 0 bridgehead atoms. The molecule has 19 aromatic carbocycles. The molecule has 3 aromatic heterocycles. The maximum atomic E-state index is 6.57. The molecule has 0 radical (unpaired) electrons. The van der Waals surface area contributed by atoms with Gasteiger partial charge in [0.05, 0.1) is 5.52 Å². The second-order valence-corrected chi connectivity index (χ2v) is 30.8. The molecule has 0 fully saturated rings. The van der Waals surface area contributed by atoms with Gasteiger partial charge in [-0.15, -0.1) is 0 Å². The summed E-state index contributed by atoms with van der Waals surface area (Å²) < 4.78 is 13.0. The number of aromatic amines is 1. The predicted octanol–water partition coefficient (Wildman–Crippen LogP) is 32.5. The molecule has 1 N–H and O–H groups in total. The van der Waals surface area contributed by atoms with Crippen molar-refractivity contribution < 1.29 is 8.83 Å². The van der Waals surface area contributed by atoms with E-state index in [4.69, 9.17) is 8.83 Å². The number of hydrogen-bond donors (Lipinski definition) is 1. The van der Waals surface area contributed by atoms with Gasteiger partial charge < -0.3 is 28.5 Å². The highest BCUT2D eigenvalue weighted by molar-refractivity contribution is 6.14. The first-order valence-electron chi connectivity index (χ1n) is 40.9. The number of nitrogens with one attached hydrogen (secondary N) is 1. The number of rotatable bonds is 18. The number of fused-ring (bicyclic) bond motifs is 9. The maximum Gasteiger partial charge on any atom is 0.143 e. The molecule has 0 saturated carbocycles. The zero-order valence-electron chi connectivity index (χ0n) is 65.5. The van der Waals surface area contributed by atoms with Crippen LogP contribution in [-0.4, -0.2) is 4.98 Å². The Balaban J connectivity index is 0.493. The summed E-state index contributed by atoms with van der Waals surface area (Å²) in [6, 6.07) is 164. The van der Waals surface area contributed by atoms with Gasteiger partial charge in [0.15, 0.2) is 0 Å². The lowest BCUT2D eigenvalue weighted by Gasteiger charge is -2.26. The van der Waals surface area contributed by atoms with Crippen molar-refractivity contribution in [3.05, 3.63) is 455 Å². The largest absolute Gasteiger partial charge is 0.455 e. The summed E-state index contributed by atoms with van der Waals surface area (Å²) in [4.78, 5) is 10.8. The molecule has 0 aliphatic rings. The van der Waals surface area contributed by atoms with Crippen molar-refractivity contribution in [2.75, 3.05) is 14.7 Å². The van der Waals surface area contributed by atoms with Gasteiger partial charge in [0.2, 0.25) is 0 Å². The Bertz CT molecular complexity index is 7490. The Labute approximate surface area is 695 Å². The van der Waals surface area contributed by atoms with E-state index in [1.165, 1.54) is 38.6 Å². The third-order valence-corrected chi connectivity index (χ3v) is 23.7. The number of H-pyrrole nitrogens is 1. The molecule has 6 nitrogen and oxygen atoms in total. The van der Waals surface area contributed by atoms with E-state index in [-0.39, 0.29) is 0 Å². The number of hydrogen-bond acceptors (Lipinski definition) is 5. The summed E-state index contributed by atoms with van der Waals surface area (Å²) >= 11 is 0. The summed E-state index contributed by atoms with van der Waals surface area (Å²) in [6.07, 6.45) is 0. The molecular formula is C114H76N4O2. The van der Waals surface area contributed by atoms with Gasteiger partial charge in [-0.1, -0.05) is 322 Å². The zero-order valence-corrected chi connectivity index (χ0v) is 65.5. The van der Waals surface area contributed by atoms with Crippen LogP contribution < -0.4 is 14.7 Å². The van der Waals surface area contributed by atoms with Crippen molar-refractivity contribution in [1.29, 1.82) is 0 Å². The zero-order chi connectivity index (χ0) is 79.4. The minimum Gasteiger partial charge on any atom is -0.455 e. The fourth-order valence-corrected chi connectivity index (χ4v) is 17.6. The van der Waals surface area contributed by atoms with E-state index < -0.39 is 0 Å². The standard InChI is InChI=1S/C114H76N4O2/c1-4-18-76(19-5-1)77-36-38-80(39-37-77)82-52-65-97(66-53-82)118(99-25-14-20-90(74-99)102-30-17-33-107-104-27-11-13-35-111(104)120-114(102)107)98-67-54-83(55-68-98)81-42-40-78(41-43-81)79-44-46-86(47-45-79)89-60-73-109-108(75-89)105-31-15-28-100(112(105)115-109)87-56-69-95(70-57-87)116(91-21-6-2-7-22-91)93-61-48-84(49-62-93)85-50-63-94(64-51-85)117(92-23-8-3-9-24-92)96-71-58-88(59-72-96)101-29-16-32-106-103-26-10-12-34-110(103)119-113(101)106/h1-75,115H. The number of benzene rings is 19. The van der Waals surface area contributed by atoms with Crippen LogP contribution in [0.5, 0.6) is 0 Å². The van der Waals surface area contributed by atoms with Gasteiger partial charge in [-0.05, 0) is 217 Å². The highest BCUT2D eigenvalue weighted by Gasteiger charge is 2.22. The van der Waals surface area contributed by atoms with Gasteiger partial charge in [-0.25, -0.2) is 0 Å². The van der Waals surface area contributed by atoms with E-state index in [2.05, 4.69) is 450 Å². The highest BCUT2D eigenvalue weighted by atomic mass is 16.3. The summed E-state index contributed by atoms with van der Waals surface area (Å²) in [5.41, 5.74) is 36.0. The van der Waals surface area contributed by atoms with Crippen molar-refractivity contribution in [3.8, 4) is 100 Å². The van der Waals surface area contributed by atoms with Gasteiger partial charge >= 0.3 is 0 Å². The van der Waals surface area contributed by atoms with Crippen molar-refractivity contribution >= 4 is 117 Å². The molecule has 0 unspecified atom stereocenters. The van der Waals surface area contributed by atoms with E-state index in [0.717, 1.165) is 178 Å². The van der Waals surface area contributed by atoms with Gasteiger partial charge in [0, 0.05) is 106 Å². The minimum atomic E-state index is 0.887. The van der Waals surface area contributed by atoms with Crippen LogP contribution in [-0.2, 0) is 0 Å². The molecule has 0 atom stereocenters. The van der Waals surface area contributed by atoms with Crippen LogP contribution in [0, 0.1) is 0 Å². The molecule has 0 aliphatic heterocycles. The summed E-state index contributed by atoms with van der Waals surface area (Å²) in [5, 5.41) is 6.87. The van der Waals surface area contributed by atoms with Crippen LogP contribution in [0.25, 0.3) is 166 Å². The Hall–Kier alpha value is -16.0. The highest BCUT2D eigenvalue weighted by Crippen LogP contribution is 2.46. The van der Waals surface area contributed by atoms with Crippen molar-refractivity contribution in [2.24, 2.45) is 0 Å². The summed E-state index contributed by atoms with van der Waals surface area (Å²) in [6.45, 7) is 0. The van der Waals surface area contributed by atoms with E-state index in [0.29, 0.717) is 0 Å². The quantitative estimate of drug-likeness (QED) is 0.0928. The number of para-hydroxylation sites is 7. The molecule has 22 aromatic rings. The monoisotopic (exact) mass is 1530 g/mol. The number of furan rings is 2. The molecule has 22 rings (SSSR count). The van der Waals surface area contributed by atoms with E-state index >= 15 is 0 Å². The molecular weight excluding hydrogens is 1460 g/mol. The molecule has 0 saturated heterocycles. The smallest absolute Gasteiger partial charge is 0.143 e. The SMILES string of the molecule is c1ccc(-c2ccc(-c3ccc(N(c4ccc(-c5ccc(-c6ccc(-c7ccc8[nH]c9c(-c%10ccc(N(c%11ccccc%11)c%11ccc(-c%12ccc(N(c%13ccccc%13)c%13ccc(-c%14cccc%15c%14oc%14ccccc%14%15)cc%13)cc%12)cc%11)cc%10)cccc9c8c7)cc6)cc5)cc4)c4cccc(-c5cccc6c5oc5ccccc56)c4)cc3)cc2)cc1. The summed E-state index contributed by atoms with van der Waals surface area (Å²) in [5.74, 6) is 0. The topological polar surface area (TPSA) is 51.8 Å². The Morgan fingerprint density at radius 1 is 0.158 bits per heavy atom. The summed E-state index contributed by atoms with van der Waals surface area (Å²) in [7, 11) is 0. The number of nitrogens with zero attached hydrogens (tertiary/aromatic N) is 3. The lowest BCUT2D eigenvalue weighted by Crippen LogP contribution is -2.10. The third kappa shape index (κ3) is 13.2. The van der Waals surface area contributed by atoms with E-state index in [1.807, 2.05) is 24.3 Å². The fourth-order valence-electron chi connectivity index (χ4n) is 17.6. The first-order chi connectivity index (χ1) is 59.4. The molecule has 0 spiro atoms. The normalized spacial score (nSPS) is 11.5. The van der Waals surface area contributed by atoms with Crippen LogP contribution in [0.1, 0.15) is 0 Å². The maximum absolute atomic E-state index is 6.57. The Kier molecular flexibility index (Phi) is 17.8. The second-order valence-electron chi connectivity index (χ2n) is 30.8.